The van der Waals surface area contributed by atoms with Gasteiger partial charge in [-0.1, -0.05) is 0 Å². The molecule has 0 radical (unpaired) electrons. The van der Waals surface area contributed by atoms with Crippen LogP contribution in [0.2, 0.25) is 0 Å². The third-order valence-corrected chi connectivity index (χ3v) is 2.46. The normalized spacial score (nSPS) is 10.3. The maximum Gasteiger partial charge on any atom is 0.222 e. The van der Waals surface area contributed by atoms with Gasteiger partial charge < -0.3 is 16.8 Å². The molecule has 1 aromatic heterocycles. The van der Waals surface area contributed by atoms with Gasteiger partial charge in [0.25, 0.3) is 0 Å². The van der Waals surface area contributed by atoms with Crippen molar-refractivity contribution >= 4 is 17.4 Å². The van der Waals surface area contributed by atoms with E-state index in [-0.39, 0.29) is 5.91 Å². The number of anilines is 2. The molecule has 0 bridgehead atoms. The quantitative estimate of drug-likeness (QED) is 0.699. The van der Waals surface area contributed by atoms with Crippen LogP contribution in [0, 0.1) is 0 Å². The third-order valence-electron chi connectivity index (χ3n) is 2.46. The van der Waals surface area contributed by atoms with E-state index in [4.69, 9.17) is 11.5 Å². The van der Waals surface area contributed by atoms with Gasteiger partial charge in [-0.15, -0.1) is 5.10 Å². The molecule has 0 saturated heterocycles. The molecule has 0 saturated carbocycles. The van der Waals surface area contributed by atoms with Crippen molar-refractivity contribution in [3.8, 4) is 5.69 Å². The Kier molecular flexibility index (Phi) is 3.29. The molecule has 1 amide bonds. The van der Waals surface area contributed by atoms with Crippen LogP contribution in [0.15, 0.2) is 30.5 Å². The second kappa shape index (κ2) is 4.89. The number of hydrogen-bond acceptors (Lipinski definition) is 4. The first kappa shape index (κ1) is 12.1. The summed E-state index contributed by atoms with van der Waals surface area (Å²) in [7, 11) is 0. The number of benzene rings is 1. The lowest BCUT2D eigenvalue weighted by atomic mass is 10.3. The number of carbonyl (C=O) groups excluding carboxylic acids is 1. The standard InChI is InChI=1S/C12H15N5O/c1-8(18)15-12-9(6-13)7-17(16-12)11-4-2-10(14)3-5-11/h2-5,7H,6,13-14H2,1H3,(H,15,16,18). The number of nitrogens with one attached hydrogen (secondary N) is 1. The molecule has 0 aliphatic rings. The van der Waals surface area contributed by atoms with Crippen LogP contribution < -0.4 is 16.8 Å². The fraction of sp³-hybridized carbons (Fsp3) is 0.167. The summed E-state index contributed by atoms with van der Waals surface area (Å²) in [4.78, 5) is 11.1. The number of hydrogen-bond donors (Lipinski definition) is 3. The van der Waals surface area contributed by atoms with E-state index in [1.807, 2.05) is 12.1 Å². The van der Waals surface area contributed by atoms with Crippen LogP contribution in [0.4, 0.5) is 11.5 Å². The Morgan fingerprint density at radius 3 is 2.61 bits per heavy atom. The molecule has 0 aliphatic heterocycles. The number of amides is 1. The van der Waals surface area contributed by atoms with Crippen molar-refractivity contribution in [1.29, 1.82) is 0 Å². The van der Waals surface area contributed by atoms with Gasteiger partial charge in [0, 0.05) is 30.9 Å². The first-order valence-corrected chi connectivity index (χ1v) is 5.52. The highest BCUT2D eigenvalue weighted by atomic mass is 16.1. The molecular weight excluding hydrogens is 230 g/mol. The number of rotatable bonds is 3. The molecule has 2 rings (SSSR count). The van der Waals surface area contributed by atoms with E-state index in [0.29, 0.717) is 18.1 Å². The highest BCUT2D eigenvalue weighted by molar-refractivity contribution is 5.88. The molecule has 0 spiro atoms. The van der Waals surface area contributed by atoms with Crippen LogP contribution >= 0.6 is 0 Å². The zero-order valence-electron chi connectivity index (χ0n) is 10.1. The van der Waals surface area contributed by atoms with E-state index < -0.39 is 0 Å². The number of nitrogen functional groups attached to an aromatic ring is 1. The number of nitrogens with zero attached hydrogens (tertiary/aromatic N) is 2. The van der Waals surface area contributed by atoms with Gasteiger partial charge >= 0.3 is 0 Å². The Balaban J connectivity index is 2.37. The minimum Gasteiger partial charge on any atom is -0.399 e. The van der Waals surface area contributed by atoms with Gasteiger partial charge in [0.05, 0.1) is 5.69 Å². The Bertz CT molecular complexity index is 558. The Hall–Kier alpha value is -2.34. The fourth-order valence-electron chi connectivity index (χ4n) is 1.59. The third kappa shape index (κ3) is 2.49. The second-order valence-electron chi connectivity index (χ2n) is 3.92. The van der Waals surface area contributed by atoms with Crippen molar-refractivity contribution in [2.24, 2.45) is 5.73 Å². The maximum absolute atomic E-state index is 11.1. The Morgan fingerprint density at radius 2 is 2.06 bits per heavy atom. The first-order chi connectivity index (χ1) is 8.60. The van der Waals surface area contributed by atoms with Crippen LogP contribution in [0.5, 0.6) is 0 Å². The molecule has 0 aliphatic carbocycles. The van der Waals surface area contributed by atoms with Gasteiger partial charge in [0.2, 0.25) is 5.91 Å². The molecule has 94 valence electrons. The molecule has 0 atom stereocenters. The fourth-order valence-corrected chi connectivity index (χ4v) is 1.59. The minimum absolute atomic E-state index is 0.174. The molecule has 1 heterocycles. The summed E-state index contributed by atoms with van der Waals surface area (Å²) in [6.45, 7) is 1.74. The smallest absolute Gasteiger partial charge is 0.222 e. The van der Waals surface area contributed by atoms with E-state index in [1.165, 1.54) is 6.92 Å². The molecule has 2 aromatic rings. The highest BCUT2D eigenvalue weighted by Gasteiger charge is 2.09. The van der Waals surface area contributed by atoms with Crippen LogP contribution in [-0.4, -0.2) is 15.7 Å². The van der Waals surface area contributed by atoms with Crippen molar-refractivity contribution in [3.05, 3.63) is 36.0 Å². The van der Waals surface area contributed by atoms with E-state index in [9.17, 15) is 4.79 Å². The van der Waals surface area contributed by atoms with E-state index in [2.05, 4.69) is 10.4 Å². The van der Waals surface area contributed by atoms with Crippen LogP contribution in [-0.2, 0) is 11.3 Å². The molecule has 6 heteroatoms. The Labute approximate surface area is 105 Å². The van der Waals surface area contributed by atoms with Crippen molar-refractivity contribution in [1.82, 2.24) is 9.78 Å². The van der Waals surface area contributed by atoms with Gasteiger partial charge in [-0.3, -0.25) is 4.79 Å². The molecule has 5 N–H and O–H groups in total. The summed E-state index contributed by atoms with van der Waals surface area (Å²) in [5, 5.41) is 6.94. The minimum atomic E-state index is -0.174. The molecule has 18 heavy (non-hydrogen) atoms. The largest absolute Gasteiger partial charge is 0.399 e. The molecular formula is C12H15N5O. The average molecular weight is 245 g/mol. The van der Waals surface area contributed by atoms with Gasteiger partial charge in [-0.2, -0.15) is 0 Å². The maximum atomic E-state index is 11.1. The molecule has 0 fully saturated rings. The lowest BCUT2D eigenvalue weighted by Gasteiger charge is -2.01. The summed E-state index contributed by atoms with van der Waals surface area (Å²) >= 11 is 0. The van der Waals surface area contributed by atoms with E-state index in [0.717, 1.165) is 11.3 Å². The van der Waals surface area contributed by atoms with Crippen molar-refractivity contribution in [2.45, 2.75) is 13.5 Å². The van der Waals surface area contributed by atoms with Crippen molar-refractivity contribution in [2.75, 3.05) is 11.1 Å². The zero-order valence-corrected chi connectivity index (χ0v) is 10.1. The second-order valence-corrected chi connectivity index (χ2v) is 3.92. The van der Waals surface area contributed by atoms with Gasteiger partial charge in [0.1, 0.15) is 0 Å². The summed E-state index contributed by atoms with van der Waals surface area (Å²) in [6.07, 6.45) is 1.79. The lowest BCUT2D eigenvalue weighted by molar-refractivity contribution is -0.114. The first-order valence-electron chi connectivity index (χ1n) is 5.52. The summed E-state index contributed by atoms with van der Waals surface area (Å²) in [5.41, 5.74) is 13.6. The molecule has 6 nitrogen and oxygen atoms in total. The zero-order chi connectivity index (χ0) is 13.1. The van der Waals surface area contributed by atoms with Crippen LogP contribution in [0.25, 0.3) is 5.69 Å². The average Bonchev–Trinajstić information content (AvgIpc) is 2.72. The Morgan fingerprint density at radius 1 is 1.39 bits per heavy atom. The van der Waals surface area contributed by atoms with Gasteiger partial charge in [-0.05, 0) is 24.3 Å². The molecule has 0 unspecified atom stereocenters. The van der Waals surface area contributed by atoms with Crippen LogP contribution in [0.3, 0.4) is 0 Å². The van der Waals surface area contributed by atoms with E-state index in [1.54, 1.807) is 23.0 Å². The monoisotopic (exact) mass is 245 g/mol. The van der Waals surface area contributed by atoms with Crippen molar-refractivity contribution in [3.63, 3.8) is 0 Å². The van der Waals surface area contributed by atoms with E-state index >= 15 is 0 Å². The number of carbonyl (C=O) groups is 1. The lowest BCUT2D eigenvalue weighted by Crippen LogP contribution is -2.09. The number of nitrogens with two attached hydrogens (primary N) is 2. The predicted molar refractivity (Wildman–Crippen MR) is 70.2 cm³/mol. The van der Waals surface area contributed by atoms with Gasteiger partial charge in [0.15, 0.2) is 5.82 Å². The summed E-state index contributed by atoms with van der Waals surface area (Å²) in [6, 6.07) is 7.27. The number of aromatic nitrogens is 2. The molecule has 1 aromatic carbocycles. The predicted octanol–water partition coefficient (Wildman–Crippen LogP) is 0.872. The topological polar surface area (TPSA) is 99.0 Å². The van der Waals surface area contributed by atoms with Crippen LogP contribution in [0.1, 0.15) is 12.5 Å². The SMILES string of the molecule is CC(=O)Nc1nn(-c2ccc(N)cc2)cc1CN. The highest BCUT2D eigenvalue weighted by Crippen LogP contribution is 2.17. The van der Waals surface area contributed by atoms with Crippen molar-refractivity contribution < 1.29 is 4.79 Å². The summed E-state index contributed by atoms with van der Waals surface area (Å²) < 4.78 is 1.66. The summed E-state index contributed by atoms with van der Waals surface area (Å²) in [5.74, 6) is 0.314. The van der Waals surface area contributed by atoms with Gasteiger partial charge in [-0.25, -0.2) is 4.68 Å².